The third-order valence-corrected chi connectivity index (χ3v) is 3.43. The van der Waals surface area contributed by atoms with E-state index in [2.05, 4.69) is 0 Å². The highest BCUT2D eigenvalue weighted by molar-refractivity contribution is 5.13. The summed E-state index contributed by atoms with van der Waals surface area (Å²) in [6, 6.07) is 9.14. The van der Waals surface area contributed by atoms with Gasteiger partial charge in [-0.2, -0.15) is 0 Å². The van der Waals surface area contributed by atoms with E-state index < -0.39 is 43.4 Å². The molecule has 1 aromatic rings. The van der Waals surface area contributed by atoms with Crippen molar-refractivity contribution in [3.63, 3.8) is 0 Å². The van der Waals surface area contributed by atoms with Crippen molar-refractivity contribution in [2.75, 3.05) is 6.61 Å². The fraction of sp³-hybridized carbons (Fsp3) is 0.571. The number of rotatable bonds is 5. The Bertz CT molecular complexity index is 427. The van der Waals surface area contributed by atoms with Crippen molar-refractivity contribution >= 4 is 0 Å². The summed E-state index contributed by atoms with van der Waals surface area (Å²) in [7, 11) is 0. The largest absolute Gasteiger partial charge is 0.394 e. The smallest absolute Gasteiger partial charge is 0.187 e. The molecule has 7 heteroatoms. The van der Waals surface area contributed by atoms with Crippen LogP contribution in [0.25, 0.3) is 0 Å². The van der Waals surface area contributed by atoms with Crippen LogP contribution < -0.4 is 0 Å². The molecule has 2 rings (SSSR count). The maximum atomic E-state index is 9.85. The van der Waals surface area contributed by atoms with Gasteiger partial charge in [0.15, 0.2) is 6.29 Å². The van der Waals surface area contributed by atoms with Crippen molar-refractivity contribution in [2.24, 2.45) is 0 Å². The Labute approximate surface area is 122 Å². The second kappa shape index (κ2) is 7.28. The predicted molar refractivity (Wildman–Crippen MR) is 71.0 cm³/mol. The molecule has 0 spiro atoms. The molecule has 0 amide bonds. The zero-order chi connectivity index (χ0) is 15.4. The minimum Gasteiger partial charge on any atom is -0.394 e. The third-order valence-electron chi connectivity index (χ3n) is 3.43. The summed E-state index contributed by atoms with van der Waals surface area (Å²) in [6.45, 7) is -0.511. The first-order valence-electron chi connectivity index (χ1n) is 6.68. The molecule has 1 aromatic carbocycles. The molecule has 0 saturated carbocycles. The minimum atomic E-state index is -1.54. The van der Waals surface area contributed by atoms with Gasteiger partial charge in [0.1, 0.15) is 30.5 Å². The van der Waals surface area contributed by atoms with Crippen LogP contribution in [0.1, 0.15) is 5.56 Å². The second-order valence-electron chi connectivity index (χ2n) is 4.99. The van der Waals surface area contributed by atoms with Crippen molar-refractivity contribution < 1.29 is 35.0 Å². The summed E-state index contributed by atoms with van der Waals surface area (Å²) in [4.78, 5) is 0. The monoisotopic (exact) mass is 300 g/mol. The predicted octanol–water partition coefficient (Wildman–Crippen LogP) is -1.64. The Morgan fingerprint density at radius 1 is 1.05 bits per heavy atom. The van der Waals surface area contributed by atoms with Gasteiger partial charge in [0.2, 0.25) is 0 Å². The van der Waals surface area contributed by atoms with Gasteiger partial charge < -0.3 is 35.0 Å². The van der Waals surface area contributed by atoms with Gasteiger partial charge >= 0.3 is 0 Å². The Morgan fingerprint density at radius 3 is 2.33 bits per heavy atom. The molecule has 0 aliphatic carbocycles. The van der Waals surface area contributed by atoms with Crippen molar-refractivity contribution in [1.82, 2.24) is 0 Å². The van der Waals surface area contributed by atoms with Crippen LogP contribution in [0.4, 0.5) is 0 Å². The van der Waals surface area contributed by atoms with E-state index in [1.807, 2.05) is 30.3 Å². The standard InChI is InChI=1S/C14H20O7/c15-6-9(16)13-11(18)10(17)12(19)14(21-13)20-7-8-4-2-1-3-5-8/h1-5,9-19H,6-7H2/t9-,10-,11+,12-,13+,14-/m1/s1. The SMILES string of the molecule is OC[C@@H](O)[C@@H]1O[C@@H](OCc2ccccc2)[C@H](O)[C@H](O)[C@@H]1O. The Morgan fingerprint density at radius 2 is 1.71 bits per heavy atom. The molecule has 0 unspecified atom stereocenters. The van der Waals surface area contributed by atoms with Crippen LogP contribution in [0.15, 0.2) is 30.3 Å². The van der Waals surface area contributed by atoms with Gasteiger partial charge in [0, 0.05) is 0 Å². The summed E-state index contributed by atoms with van der Waals surface area (Å²) in [6.07, 6.45) is -8.34. The molecule has 7 nitrogen and oxygen atoms in total. The van der Waals surface area contributed by atoms with Crippen molar-refractivity contribution in [3.8, 4) is 0 Å². The average Bonchev–Trinajstić information content (AvgIpc) is 2.52. The van der Waals surface area contributed by atoms with E-state index in [0.29, 0.717) is 0 Å². The van der Waals surface area contributed by atoms with E-state index >= 15 is 0 Å². The van der Waals surface area contributed by atoms with E-state index in [1.165, 1.54) is 0 Å². The molecule has 0 bridgehead atoms. The Balaban J connectivity index is 2.00. The number of hydrogen-bond donors (Lipinski definition) is 5. The summed E-state index contributed by atoms with van der Waals surface area (Å²) in [5, 5.41) is 47.9. The molecule has 1 aliphatic heterocycles. The van der Waals surface area contributed by atoms with E-state index in [9.17, 15) is 20.4 Å². The van der Waals surface area contributed by atoms with E-state index in [0.717, 1.165) is 5.56 Å². The van der Waals surface area contributed by atoms with Crippen LogP contribution in [-0.4, -0.2) is 68.9 Å². The summed E-state index contributed by atoms with van der Waals surface area (Å²) in [5.74, 6) is 0. The molecule has 1 saturated heterocycles. The van der Waals surface area contributed by atoms with Gasteiger partial charge in [-0.25, -0.2) is 0 Å². The fourth-order valence-electron chi connectivity index (χ4n) is 2.19. The highest BCUT2D eigenvalue weighted by Crippen LogP contribution is 2.24. The van der Waals surface area contributed by atoms with Gasteiger partial charge in [0.25, 0.3) is 0 Å². The number of aliphatic hydroxyl groups excluding tert-OH is 5. The maximum Gasteiger partial charge on any atom is 0.187 e. The lowest BCUT2D eigenvalue weighted by molar-refractivity contribution is -0.314. The molecule has 1 aliphatic rings. The first-order chi connectivity index (χ1) is 10.0. The molecular formula is C14H20O7. The number of ether oxygens (including phenoxy) is 2. The zero-order valence-corrected chi connectivity index (χ0v) is 11.3. The second-order valence-corrected chi connectivity index (χ2v) is 4.99. The molecule has 6 atom stereocenters. The fourth-order valence-corrected chi connectivity index (χ4v) is 2.19. The van der Waals surface area contributed by atoms with Gasteiger partial charge in [-0.3, -0.25) is 0 Å². The average molecular weight is 300 g/mol. The van der Waals surface area contributed by atoms with Gasteiger partial charge in [-0.05, 0) is 5.56 Å². The van der Waals surface area contributed by atoms with E-state index in [4.69, 9.17) is 14.6 Å². The third kappa shape index (κ3) is 3.78. The van der Waals surface area contributed by atoms with Gasteiger partial charge in [0.05, 0.1) is 13.2 Å². The van der Waals surface area contributed by atoms with Crippen molar-refractivity contribution in [2.45, 2.75) is 43.4 Å². The van der Waals surface area contributed by atoms with Crippen LogP contribution in [0, 0.1) is 0 Å². The van der Waals surface area contributed by atoms with E-state index in [-0.39, 0.29) is 6.61 Å². The molecule has 21 heavy (non-hydrogen) atoms. The molecule has 1 fully saturated rings. The number of aliphatic hydroxyl groups is 5. The number of hydrogen-bond acceptors (Lipinski definition) is 7. The van der Waals surface area contributed by atoms with Crippen LogP contribution in [0.5, 0.6) is 0 Å². The molecular weight excluding hydrogens is 280 g/mol. The van der Waals surface area contributed by atoms with E-state index in [1.54, 1.807) is 0 Å². The normalized spacial score (nSPS) is 34.6. The van der Waals surface area contributed by atoms with Crippen molar-refractivity contribution in [3.05, 3.63) is 35.9 Å². The lowest BCUT2D eigenvalue weighted by Gasteiger charge is -2.41. The van der Waals surface area contributed by atoms with Gasteiger partial charge in [-0.15, -0.1) is 0 Å². The lowest BCUT2D eigenvalue weighted by Crippen LogP contribution is -2.61. The summed E-state index contributed by atoms with van der Waals surface area (Å²) in [5.41, 5.74) is 0.841. The summed E-state index contributed by atoms with van der Waals surface area (Å²) >= 11 is 0. The molecule has 5 N–H and O–H groups in total. The quantitative estimate of drug-likeness (QED) is 0.442. The highest BCUT2D eigenvalue weighted by Gasteiger charge is 2.46. The Kier molecular flexibility index (Phi) is 5.65. The van der Waals surface area contributed by atoms with Crippen LogP contribution in [0.2, 0.25) is 0 Å². The minimum absolute atomic E-state index is 0.132. The first-order valence-corrected chi connectivity index (χ1v) is 6.68. The van der Waals surface area contributed by atoms with Crippen LogP contribution >= 0.6 is 0 Å². The molecule has 0 radical (unpaired) electrons. The molecule has 0 aromatic heterocycles. The Hall–Kier alpha value is -1.06. The van der Waals surface area contributed by atoms with Crippen LogP contribution in [-0.2, 0) is 16.1 Å². The molecule has 1 heterocycles. The molecule has 118 valence electrons. The zero-order valence-electron chi connectivity index (χ0n) is 11.3. The first kappa shape index (κ1) is 16.3. The van der Waals surface area contributed by atoms with Crippen molar-refractivity contribution in [1.29, 1.82) is 0 Å². The highest BCUT2D eigenvalue weighted by atomic mass is 16.7. The maximum absolute atomic E-state index is 9.85. The number of benzene rings is 1. The summed E-state index contributed by atoms with van der Waals surface area (Å²) < 4.78 is 10.7. The van der Waals surface area contributed by atoms with Crippen LogP contribution in [0.3, 0.4) is 0 Å². The lowest BCUT2D eigenvalue weighted by atomic mass is 9.95. The topological polar surface area (TPSA) is 120 Å². The van der Waals surface area contributed by atoms with Gasteiger partial charge in [-0.1, -0.05) is 30.3 Å².